The average Bonchev–Trinajstić information content (AvgIpc) is 2.46. The van der Waals surface area contributed by atoms with Gasteiger partial charge in [-0.15, -0.1) is 0 Å². The maximum atomic E-state index is 12.2. The van der Waals surface area contributed by atoms with Gasteiger partial charge in [0.05, 0.1) is 6.61 Å². The summed E-state index contributed by atoms with van der Waals surface area (Å²) in [6.07, 6.45) is -1.94. The Hall–Kier alpha value is -1.48. The molecular weight excluding hydrogens is 276 g/mol. The summed E-state index contributed by atoms with van der Waals surface area (Å²) in [7, 11) is 0. The summed E-state index contributed by atoms with van der Waals surface area (Å²) in [6, 6.07) is 0. The molecule has 0 aliphatic carbocycles. The third kappa shape index (κ3) is 4.27. The number of amidine groups is 1. The van der Waals surface area contributed by atoms with Gasteiger partial charge in [-0.2, -0.15) is 0 Å². The smallest absolute Gasteiger partial charge is 0.261 e. The van der Waals surface area contributed by atoms with Crippen molar-refractivity contribution in [3.8, 4) is 0 Å². The lowest BCUT2D eigenvalue weighted by atomic mass is 9.78. The molecule has 1 aliphatic heterocycles. The quantitative estimate of drug-likeness (QED) is 0.200. The molecular formula is C11H19F2N3O4. The molecule has 1 rings (SSSR count). The Bertz CT molecular complexity index is 347. The van der Waals surface area contributed by atoms with Crippen LogP contribution in [0.3, 0.4) is 0 Å². The number of amides is 1. The Balaban J connectivity index is 2.48. The van der Waals surface area contributed by atoms with Crippen LogP contribution in [0.2, 0.25) is 0 Å². The van der Waals surface area contributed by atoms with Crippen LogP contribution >= 0.6 is 0 Å². The minimum atomic E-state index is -2.54. The van der Waals surface area contributed by atoms with Crippen LogP contribution < -0.4 is 11.1 Å². The van der Waals surface area contributed by atoms with Crippen molar-refractivity contribution in [1.82, 2.24) is 5.32 Å². The fraction of sp³-hybridized carbons (Fsp3) is 0.818. The molecule has 1 saturated heterocycles. The van der Waals surface area contributed by atoms with Gasteiger partial charge in [0.25, 0.3) is 6.43 Å². The maximum absolute atomic E-state index is 12.2. The number of alkyl halides is 2. The number of carbonyl (C=O) groups excluding carboxylic acids is 1. The molecule has 1 heterocycles. The lowest BCUT2D eigenvalue weighted by Gasteiger charge is -2.34. The number of oxime groups is 1. The molecule has 1 aliphatic rings. The molecule has 0 unspecified atom stereocenters. The summed E-state index contributed by atoms with van der Waals surface area (Å²) in [4.78, 5) is 12.2. The number of ether oxygens (including phenoxy) is 2. The van der Waals surface area contributed by atoms with E-state index in [1.165, 1.54) is 0 Å². The van der Waals surface area contributed by atoms with Gasteiger partial charge in [0.1, 0.15) is 12.0 Å². The number of hydrogen-bond donors (Lipinski definition) is 3. The van der Waals surface area contributed by atoms with Gasteiger partial charge in [-0.1, -0.05) is 5.16 Å². The van der Waals surface area contributed by atoms with E-state index in [0.29, 0.717) is 26.1 Å². The van der Waals surface area contributed by atoms with Gasteiger partial charge in [0, 0.05) is 19.8 Å². The maximum Gasteiger partial charge on any atom is 0.261 e. The van der Waals surface area contributed by atoms with E-state index in [0.717, 1.165) is 0 Å². The van der Waals surface area contributed by atoms with Crippen molar-refractivity contribution in [1.29, 1.82) is 0 Å². The van der Waals surface area contributed by atoms with E-state index in [4.69, 9.17) is 15.7 Å². The summed E-state index contributed by atoms with van der Waals surface area (Å²) in [6.45, 7) is 0.0256. The monoisotopic (exact) mass is 295 g/mol. The molecule has 0 saturated carbocycles. The van der Waals surface area contributed by atoms with E-state index in [2.05, 4.69) is 15.2 Å². The first-order chi connectivity index (χ1) is 9.53. The van der Waals surface area contributed by atoms with Crippen molar-refractivity contribution < 1.29 is 28.3 Å². The standard InChI is InChI=1S/C11H19F2N3O4/c12-8(13)7-20-6-3-15-10(17)11(9(14)16-18)1-4-19-5-2-11/h8,18H,1-7H2,(H2,14,16)(H,15,17). The Morgan fingerprint density at radius 2 is 2.15 bits per heavy atom. The largest absolute Gasteiger partial charge is 0.409 e. The van der Waals surface area contributed by atoms with Gasteiger partial charge in [-0.3, -0.25) is 4.79 Å². The first kappa shape index (κ1) is 16.6. The second-order valence-electron chi connectivity index (χ2n) is 4.40. The first-order valence-electron chi connectivity index (χ1n) is 6.23. The van der Waals surface area contributed by atoms with Crippen molar-refractivity contribution in [3.63, 3.8) is 0 Å². The number of halogens is 2. The lowest BCUT2D eigenvalue weighted by molar-refractivity contribution is -0.132. The van der Waals surface area contributed by atoms with Crippen LogP contribution in [0, 0.1) is 5.41 Å². The molecule has 0 atom stereocenters. The number of rotatable bonds is 7. The van der Waals surface area contributed by atoms with E-state index in [1.54, 1.807) is 0 Å². The van der Waals surface area contributed by atoms with Crippen LogP contribution in [0.1, 0.15) is 12.8 Å². The van der Waals surface area contributed by atoms with Crippen molar-refractivity contribution in [2.75, 3.05) is 33.0 Å². The van der Waals surface area contributed by atoms with Crippen LogP contribution in [0.4, 0.5) is 8.78 Å². The molecule has 0 aromatic rings. The third-order valence-corrected chi connectivity index (χ3v) is 3.15. The van der Waals surface area contributed by atoms with Gasteiger partial charge in [-0.25, -0.2) is 8.78 Å². The number of nitrogens with one attached hydrogen (secondary N) is 1. The van der Waals surface area contributed by atoms with Gasteiger partial charge >= 0.3 is 0 Å². The topological polar surface area (TPSA) is 106 Å². The summed E-state index contributed by atoms with van der Waals surface area (Å²) in [5.41, 5.74) is 4.49. The molecule has 0 bridgehead atoms. The average molecular weight is 295 g/mol. The summed E-state index contributed by atoms with van der Waals surface area (Å²) in [5.74, 6) is -0.594. The zero-order valence-electron chi connectivity index (χ0n) is 11.0. The normalized spacial score (nSPS) is 19.1. The molecule has 9 heteroatoms. The second kappa shape index (κ2) is 7.95. The third-order valence-electron chi connectivity index (χ3n) is 3.15. The molecule has 0 radical (unpaired) electrons. The second-order valence-corrected chi connectivity index (χ2v) is 4.40. The van der Waals surface area contributed by atoms with Crippen molar-refractivity contribution in [3.05, 3.63) is 0 Å². The predicted molar refractivity (Wildman–Crippen MR) is 65.7 cm³/mol. The van der Waals surface area contributed by atoms with Crippen molar-refractivity contribution in [2.24, 2.45) is 16.3 Å². The number of hydrogen-bond acceptors (Lipinski definition) is 5. The Morgan fingerprint density at radius 3 is 2.70 bits per heavy atom. The fourth-order valence-electron chi connectivity index (χ4n) is 1.99. The van der Waals surface area contributed by atoms with E-state index in [-0.39, 0.29) is 19.0 Å². The summed E-state index contributed by atoms with van der Waals surface area (Å²) in [5, 5.41) is 14.3. The SMILES string of the molecule is NC(=NO)C1(C(=O)NCCOCC(F)F)CCOCC1. The van der Waals surface area contributed by atoms with Gasteiger partial charge < -0.3 is 25.7 Å². The Morgan fingerprint density at radius 1 is 1.50 bits per heavy atom. The molecule has 116 valence electrons. The van der Waals surface area contributed by atoms with Crippen LogP contribution in [0.15, 0.2) is 5.16 Å². The highest BCUT2D eigenvalue weighted by molar-refractivity contribution is 6.06. The fourth-order valence-corrected chi connectivity index (χ4v) is 1.99. The molecule has 1 amide bonds. The van der Waals surface area contributed by atoms with Gasteiger partial charge in [0.15, 0.2) is 5.84 Å². The van der Waals surface area contributed by atoms with Crippen molar-refractivity contribution in [2.45, 2.75) is 19.3 Å². The number of nitrogens with zero attached hydrogens (tertiary/aromatic N) is 1. The van der Waals surface area contributed by atoms with Crippen molar-refractivity contribution >= 4 is 11.7 Å². The highest BCUT2D eigenvalue weighted by Gasteiger charge is 2.44. The first-order valence-corrected chi connectivity index (χ1v) is 6.23. The zero-order chi connectivity index (χ0) is 15.0. The van der Waals surface area contributed by atoms with E-state index in [1.807, 2.05) is 0 Å². The van der Waals surface area contributed by atoms with Crippen LogP contribution in [-0.4, -0.2) is 56.3 Å². The van der Waals surface area contributed by atoms with Gasteiger partial charge in [0.2, 0.25) is 5.91 Å². The minimum absolute atomic E-state index is 0.0289. The number of carbonyl (C=O) groups is 1. The van der Waals surface area contributed by atoms with E-state index < -0.39 is 24.4 Å². The number of nitrogens with two attached hydrogens (primary N) is 1. The predicted octanol–water partition coefficient (Wildman–Crippen LogP) is -0.0725. The molecule has 4 N–H and O–H groups in total. The van der Waals surface area contributed by atoms with Crippen LogP contribution in [0.25, 0.3) is 0 Å². The highest BCUT2D eigenvalue weighted by Crippen LogP contribution is 2.31. The summed E-state index contributed by atoms with van der Waals surface area (Å²) >= 11 is 0. The Labute approximate surface area is 115 Å². The molecule has 1 fully saturated rings. The zero-order valence-corrected chi connectivity index (χ0v) is 11.0. The Kier molecular flexibility index (Phi) is 6.59. The van der Waals surface area contributed by atoms with Crippen LogP contribution in [0.5, 0.6) is 0 Å². The lowest BCUT2D eigenvalue weighted by Crippen LogP contribution is -2.53. The molecule has 0 spiro atoms. The minimum Gasteiger partial charge on any atom is -0.409 e. The van der Waals surface area contributed by atoms with E-state index >= 15 is 0 Å². The molecule has 0 aromatic carbocycles. The van der Waals surface area contributed by atoms with Gasteiger partial charge in [-0.05, 0) is 12.8 Å². The molecule has 0 aromatic heterocycles. The summed E-state index contributed by atoms with van der Waals surface area (Å²) < 4.78 is 33.5. The van der Waals surface area contributed by atoms with Crippen LogP contribution in [-0.2, 0) is 14.3 Å². The molecule has 20 heavy (non-hydrogen) atoms. The molecule has 7 nitrogen and oxygen atoms in total. The van der Waals surface area contributed by atoms with E-state index in [9.17, 15) is 13.6 Å². The highest BCUT2D eigenvalue weighted by atomic mass is 19.3.